The van der Waals surface area contributed by atoms with Crippen LogP contribution in [-0.4, -0.2) is 36.7 Å². The second-order valence-corrected chi connectivity index (χ2v) is 11.1. The van der Waals surface area contributed by atoms with Crippen LogP contribution in [-0.2, 0) is 10.0 Å². The van der Waals surface area contributed by atoms with Gasteiger partial charge in [-0.2, -0.15) is 4.31 Å². The molecule has 1 amide bonds. The Balaban J connectivity index is 1.76. The second kappa shape index (κ2) is 10.7. The fourth-order valence-electron chi connectivity index (χ4n) is 3.33. The maximum Gasteiger partial charge on any atom is 0.257 e. The van der Waals surface area contributed by atoms with Crippen molar-refractivity contribution in [2.75, 3.05) is 18.4 Å². The van der Waals surface area contributed by atoms with Crippen molar-refractivity contribution in [1.82, 2.24) is 9.29 Å². The number of carbonyl (C=O) groups is 1. The number of aryl methyl sites for hydroxylation is 1. The maximum absolute atomic E-state index is 13.1. The van der Waals surface area contributed by atoms with Gasteiger partial charge in [0.05, 0.1) is 15.1 Å². The highest BCUT2D eigenvalue weighted by Gasteiger charge is 2.24. The second-order valence-electron chi connectivity index (χ2n) is 7.68. The lowest BCUT2D eigenvalue weighted by Gasteiger charge is -2.22. The molecule has 1 N–H and O–H groups in total. The summed E-state index contributed by atoms with van der Waals surface area (Å²) in [5.74, 6) is -0.342. The number of anilines is 1. The number of fused-ring (bicyclic) bond motifs is 1. The largest absolute Gasteiger partial charge is 0.298 e. The van der Waals surface area contributed by atoms with Crippen LogP contribution in [0.3, 0.4) is 0 Å². The van der Waals surface area contributed by atoms with Crippen LogP contribution < -0.4 is 5.32 Å². The minimum atomic E-state index is -3.59. The number of nitrogens with one attached hydrogen (secondary N) is 1. The van der Waals surface area contributed by atoms with Crippen LogP contribution in [0.2, 0.25) is 5.02 Å². The predicted octanol–water partition coefficient (Wildman–Crippen LogP) is 6.10. The van der Waals surface area contributed by atoms with Crippen LogP contribution in [0.15, 0.2) is 41.3 Å². The standard InChI is InChI=1S/C23H28ClN3O3S2/c1-4-6-12-27(13-7-5-2)32(29,30)19-10-8-17(9-11-19)22(28)26-23-25-21-16(3)14-18(24)15-20(21)31-23/h8-11,14-15H,4-7,12-13H2,1-3H3,(H,25,26,28). The van der Waals surface area contributed by atoms with Crippen LogP contribution in [0.4, 0.5) is 5.13 Å². The Hall–Kier alpha value is -2.00. The molecule has 0 radical (unpaired) electrons. The van der Waals surface area contributed by atoms with Gasteiger partial charge in [0.1, 0.15) is 0 Å². The fraction of sp³-hybridized carbons (Fsp3) is 0.391. The number of unbranched alkanes of at least 4 members (excludes halogenated alkanes) is 2. The molecule has 2 aromatic carbocycles. The van der Waals surface area contributed by atoms with Gasteiger partial charge in [-0.15, -0.1) is 0 Å². The van der Waals surface area contributed by atoms with Crippen LogP contribution in [0.1, 0.15) is 55.5 Å². The first-order valence-electron chi connectivity index (χ1n) is 10.7. The van der Waals surface area contributed by atoms with E-state index in [1.165, 1.54) is 35.6 Å². The van der Waals surface area contributed by atoms with Crippen LogP contribution in [0, 0.1) is 6.92 Å². The molecule has 0 aliphatic carbocycles. The number of aromatic nitrogens is 1. The molecule has 0 fully saturated rings. The van der Waals surface area contributed by atoms with E-state index in [0.717, 1.165) is 41.5 Å². The average molecular weight is 494 g/mol. The molecule has 172 valence electrons. The van der Waals surface area contributed by atoms with E-state index in [1.807, 2.05) is 32.9 Å². The third kappa shape index (κ3) is 5.67. The van der Waals surface area contributed by atoms with E-state index in [2.05, 4.69) is 10.3 Å². The zero-order valence-electron chi connectivity index (χ0n) is 18.5. The molecule has 0 bridgehead atoms. The Morgan fingerprint density at radius 3 is 2.31 bits per heavy atom. The van der Waals surface area contributed by atoms with E-state index in [0.29, 0.717) is 28.8 Å². The van der Waals surface area contributed by atoms with Gasteiger partial charge >= 0.3 is 0 Å². The molecule has 3 rings (SSSR count). The molecule has 1 heterocycles. The summed E-state index contributed by atoms with van der Waals surface area (Å²) in [6.45, 7) is 7.01. The van der Waals surface area contributed by atoms with Crippen molar-refractivity contribution in [1.29, 1.82) is 0 Å². The molecule has 3 aromatic rings. The van der Waals surface area contributed by atoms with Gasteiger partial charge in [0, 0.05) is 23.7 Å². The van der Waals surface area contributed by atoms with E-state index in [4.69, 9.17) is 11.6 Å². The number of hydrogen-bond donors (Lipinski definition) is 1. The van der Waals surface area contributed by atoms with Crippen molar-refractivity contribution >= 4 is 54.2 Å². The number of carbonyl (C=O) groups excluding carboxylic acids is 1. The van der Waals surface area contributed by atoms with Crippen molar-refractivity contribution in [3.8, 4) is 0 Å². The maximum atomic E-state index is 13.1. The number of nitrogens with zero attached hydrogens (tertiary/aromatic N) is 2. The molecule has 32 heavy (non-hydrogen) atoms. The van der Waals surface area contributed by atoms with E-state index in [1.54, 1.807) is 4.31 Å². The summed E-state index contributed by atoms with van der Waals surface area (Å²) < 4.78 is 28.6. The molecule has 1 aromatic heterocycles. The first kappa shape index (κ1) is 24.6. The third-order valence-corrected chi connectivity index (χ3v) is 8.20. The zero-order chi connectivity index (χ0) is 23.3. The van der Waals surface area contributed by atoms with Gasteiger partial charge in [0.2, 0.25) is 10.0 Å². The van der Waals surface area contributed by atoms with Gasteiger partial charge in [-0.3, -0.25) is 10.1 Å². The molecule has 9 heteroatoms. The summed E-state index contributed by atoms with van der Waals surface area (Å²) in [4.78, 5) is 17.4. The van der Waals surface area contributed by atoms with E-state index in [9.17, 15) is 13.2 Å². The first-order valence-corrected chi connectivity index (χ1v) is 13.4. The third-order valence-electron chi connectivity index (χ3n) is 5.15. The monoisotopic (exact) mass is 493 g/mol. The lowest BCUT2D eigenvalue weighted by atomic mass is 10.2. The summed E-state index contributed by atoms with van der Waals surface area (Å²) in [7, 11) is -3.59. The van der Waals surface area contributed by atoms with Gasteiger partial charge in [-0.1, -0.05) is 49.6 Å². The van der Waals surface area contributed by atoms with Crippen LogP contribution in [0.25, 0.3) is 10.2 Å². The smallest absolute Gasteiger partial charge is 0.257 e. The van der Waals surface area contributed by atoms with Gasteiger partial charge in [-0.25, -0.2) is 13.4 Å². The lowest BCUT2D eigenvalue weighted by Crippen LogP contribution is -2.33. The Labute approximate surface area is 198 Å². The summed E-state index contributed by atoms with van der Waals surface area (Å²) in [5, 5.41) is 3.89. The van der Waals surface area contributed by atoms with Crippen molar-refractivity contribution < 1.29 is 13.2 Å². The van der Waals surface area contributed by atoms with E-state index < -0.39 is 10.0 Å². The van der Waals surface area contributed by atoms with E-state index in [-0.39, 0.29) is 10.8 Å². The van der Waals surface area contributed by atoms with Crippen molar-refractivity contribution in [2.24, 2.45) is 0 Å². The lowest BCUT2D eigenvalue weighted by molar-refractivity contribution is 0.102. The fourth-order valence-corrected chi connectivity index (χ4v) is 6.16. The summed E-state index contributed by atoms with van der Waals surface area (Å²) >= 11 is 7.45. The van der Waals surface area contributed by atoms with Gasteiger partial charge in [-0.05, 0) is 61.7 Å². The minimum Gasteiger partial charge on any atom is -0.298 e. The molecule has 0 saturated heterocycles. The number of thiazole rings is 1. The SMILES string of the molecule is CCCCN(CCCC)S(=O)(=O)c1ccc(C(=O)Nc2nc3c(C)cc(Cl)cc3s2)cc1. The number of hydrogen-bond acceptors (Lipinski definition) is 5. The summed E-state index contributed by atoms with van der Waals surface area (Å²) in [5.41, 5.74) is 2.11. The molecular weight excluding hydrogens is 466 g/mol. The molecule has 0 aliphatic rings. The Morgan fingerprint density at radius 1 is 1.09 bits per heavy atom. The molecule has 0 saturated carbocycles. The average Bonchev–Trinajstić information content (AvgIpc) is 3.16. The molecule has 0 atom stereocenters. The zero-order valence-corrected chi connectivity index (χ0v) is 20.9. The number of rotatable bonds is 10. The van der Waals surface area contributed by atoms with Crippen molar-refractivity contribution in [3.05, 3.63) is 52.5 Å². The Morgan fingerprint density at radius 2 is 1.72 bits per heavy atom. The number of amides is 1. The van der Waals surface area contributed by atoms with Crippen molar-refractivity contribution in [2.45, 2.75) is 51.3 Å². The quantitative estimate of drug-likeness (QED) is 0.370. The topological polar surface area (TPSA) is 79.4 Å². The highest BCUT2D eigenvalue weighted by Crippen LogP contribution is 2.31. The predicted molar refractivity (Wildman–Crippen MR) is 132 cm³/mol. The highest BCUT2D eigenvalue weighted by molar-refractivity contribution is 7.89. The summed E-state index contributed by atoms with van der Waals surface area (Å²) in [6, 6.07) is 9.72. The molecule has 0 aliphatic heterocycles. The van der Waals surface area contributed by atoms with Gasteiger partial charge in [0.15, 0.2) is 5.13 Å². The molecule has 0 unspecified atom stereocenters. The van der Waals surface area contributed by atoms with Gasteiger partial charge in [0.25, 0.3) is 5.91 Å². The number of benzene rings is 2. The Bertz CT molecular complexity index is 1180. The van der Waals surface area contributed by atoms with Crippen LogP contribution >= 0.6 is 22.9 Å². The van der Waals surface area contributed by atoms with E-state index >= 15 is 0 Å². The van der Waals surface area contributed by atoms with Crippen molar-refractivity contribution in [3.63, 3.8) is 0 Å². The molecule has 6 nitrogen and oxygen atoms in total. The highest BCUT2D eigenvalue weighted by atomic mass is 35.5. The Kier molecular flexibility index (Phi) is 8.27. The number of halogens is 1. The minimum absolute atomic E-state index is 0.200. The number of sulfonamides is 1. The van der Waals surface area contributed by atoms with Crippen LogP contribution in [0.5, 0.6) is 0 Å². The molecule has 0 spiro atoms. The summed E-state index contributed by atoms with van der Waals surface area (Å²) in [6.07, 6.45) is 3.48. The normalized spacial score (nSPS) is 11.9. The van der Waals surface area contributed by atoms with Gasteiger partial charge < -0.3 is 0 Å². The first-order chi connectivity index (χ1) is 15.3. The molecular formula is C23H28ClN3O3S2.